The molecule has 2 amide bonds. The van der Waals surface area contributed by atoms with E-state index in [0.717, 1.165) is 33.6 Å². The molecule has 1 aliphatic rings. The molecule has 0 fully saturated rings. The molecule has 0 saturated carbocycles. The predicted octanol–water partition coefficient (Wildman–Crippen LogP) is 4.00. The first kappa shape index (κ1) is 18.0. The third-order valence-electron chi connectivity index (χ3n) is 5.03. The van der Waals surface area contributed by atoms with Crippen LogP contribution in [0.15, 0.2) is 48.5 Å². The molecule has 6 heteroatoms. The zero-order valence-corrected chi connectivity index (χ0v) is 16.1. The minimum absolute atomic E-state index is 0.0293. The van der Waals surface area contributed by atoms with Crippen LogP contribution in [-0.2, 0) is 9.59 Å². The van der Waals surface area contributed by atoms with Gasteiger partial charge in [-0.2, -0.15) is 5.10 Å². The van der Waals surface area contributed by atoms with Gasteiger partial charge in [0.15, 0.2) is 0 Å². The van der Waals surface area contributed by atoms with Crippen molar-refractivity contribution >= 4 is 23.3 Å². The standard InChI is InChI=1S/C22H22N4O2/c1-13-9-10-14(2)17(11-13)23-19(27)12-18-22(28)24-21-20(15(3)25-26(18)21)16-7-5-4-6-8-16/h4-11,18H,12H2,1-3H3,(H,23,27)(H,24,28). The first-order chi connectivity index (χ1) is 13.4. The summed E-state index contributed by atoms with van der Waals surface area (Å²) in [5, 5.41) is 10.4. The van der Waals surface area contributed by atoms with E-state index in [2.05, 4.69) is 15.7 Å². The second-order valence-corrected chi connectivity index (χ2v) is 7.20. The van der Waals surface area contributed by atoms with Gasteiger partial charge in [0.1, 0.15) is 11.9 Å². The Labute approximate surface area is 163 Å². The predicted molar refractivity (Wildman–Crippen MR) is 109 cm³/mol. The molecule has 1 atom stereocenters. The molecule has 6 nitrogen and oxygen atoms in total. The topological polar surface area (TPSA) is 76.0 Å². The minimum Gasteiger partial charge on any atom is -0.326 e. The molecule has 2 N–H and O–H groups in total. The average molecular weight is 374 g/mol. The second-order valence-electron chi connectivity index (χ2n) is 7.20. The number of nitrogens with zero attached hydrogens (tertiary/aromatic N) is 2. The lowest BCUT2D eigenvalue weighted by Gasteiger charge is -2.12. The molecule has 1 aromatic heterocycles. The summed E-state index contributed by atoms with van der Waals surface area (Å²) in [6, 6.07) is 15.1. The van der Waals surface area contributed by atoms with Gasteiger partial charge < -0.3 is 10.6 Å². The van der Waals surface area contributed by atoms with Gasteiger partial charge in [0.05, 0.1) is 12.1 Å². The monoisotopic (exact) mass is 374 g/mol. The third-order valence-corrected chi connectivity index (χ3v) is 5.03. The van der Waals surface area contributed by atoms with Gasteiger partial charge in [-0.1, -0.05) is 42.5 Å². The molecule has 1 aliphatic heterocycles. The van der Waals surface area contributed by atoms with Crippen LogP contribution in [0.5, 0.6) is 0 Å². The van der Waals surface area contributed by atoms with Gasteiger partial charge >= 0.3 is 0 Å². The van der Waals surface area contributed by atoms with Crippen molar-refractivity contribution in [3.63, 3.8) is 0 Å². The van der Waals surface area contributed by atoms with Crippen LogP contribution in [-0.4, -0.2) is 21.6 Å². The number of benzene rings is 2. The van der Waals surface area contributed by atoms with E-state index in [1.807, 2.05) is 69.3 Å². The number of hydrogen-bond donors (Lipinski definition) is 2. The van der Waals surface area contributed by atoms with Gasteiger partial charge in [-0.3, -0.25) is 9.59 Å². The number of amides is 2. The van der Waals surface area contributed by atoms with Crippen molar-refractivity contribution in [2.45, 2.75) is 33.2 Å². The largest absolute Gasteiger partial charge is 0.326 e. The van der Waals surface area contributed by atoms with Gasteiger partial charge in [0, 0.05) is 11.3 Å². The van der Waals surface area contributed by atoms with E-state index >= 15 is 0 Å². The fourth-order valence-electron chi connectivity index (χ4n) is 3.58. The van der Waals surface area contributed by atoms with Crippen LogP contribution in [0.25, 0.3) is 11.1 Å². The van der Waals surface area contributed by atoms with Crippen molar-refractivity contribution in [1.29, 1.82) is 0 Å². The van der Waals surface area contributed by atoms with E-state index in [9.17, 15) is 9.59 Å². The maximum atomic E-state index is 12.6. The van der Waals surface area contributed by atoms with E-state index in [-0.39, 0.29) is 18.2 Å². The maximum absolute atomic E-state index is 12.6. The van der Waals surface area contributed by atoms with Crippen LogP contribution in [0.1, 0.15) is 29.3 Å². The Balaban J connectivity index is 1.59. The van der Waals surface area contributed by atoms with Gasteiger partial charge in [0.25, 0.3) is 5.91 Å². The van der Waals surface area contributed by atoms with Gasteiger partial charge in [-0.05, 0) is 43.5 Å². The lowest BCUT2D eigenvalue weighted by atomic mass is 10.1. The van der Waals surface area contributed by atoms with Crippen molar-refractivity contribution < 1.29 is 9.59 Å². The zero-order valence-electron chi connectivity index (χ0n) is 16.1. The summed E-state index contributed by atoms with van der Waals surface area (Å²) >= 11 is 0. The fourth-order valence-corrected chi connectivity index (χ4v) is 3.58. The Hall–Kier alpha value is -3.41. The summed E-state index contributed by atoms with van der Waals surface area (Å²) in [5.74, 6) is 0.227. The molecule has 28 heavy (non-hydrogen) atoms. The number of aryl methyl sites for hydroxylation is 3. The van der Waals surface area contributed by atoms with E-state index in [4.69, 9.17) is 0 Å². The van der Waals surface area contributed by atoms with E-state index < -0.39 is 6.04 Å². The summed E-state index contributed by atoms with van der Waals surface area (Å²) in [4.78, 5) is 25.2. The highest BCUT2D eigenvalue weighted by molar-refractivity contribution is 6.04. The molecular weight excluding hydrogens is 352 g/mol. The smallest absolute Gasteiger partial charge is 0.251 e. The lowest BCUT2D eigenvalue weighted by Crippen LogP contribution is -2.24. The Morgan fingerprint density at radius 3 is 2.64 bits per heavy atom. The number of rotatable bonds is 4. The molecule has 0 saturated heterocycles. The maximum Gasteiger partial charge on any atom is 0.251 e. The number of carbonyl (C=O) groups is 2. The molecule has 4 rings (SSSR count). The van der Waals surface area contributed by atoms with E-state index in [1.54, 1.807) is 4.68 Å². The quantitative estimate of drug-likeness (QED) is 0.725. The van der Waals surface area contributed by atoms with Crippen LogP contribution >= 0.6 is 0 Å². The number of aromatic nitrogens is 2. The molecule has 0 aliphatic carbocycles. The third kappa shape index (κ3) is 3.17. The number of fused-ring (bicyclic) bond motifs is 1. The summed E-state index contributed by atoms with van der Waals surface area (Å²) in [5.41, 5.74) is 5.52. The first-order valence-corrected chi connectivity index (χ1v) is 9.26. The van der Waals surface area contributed by atoms with Crippen LogP contribution in [0.4, 0.5) is 11.5 Å². The molecule has 2 aromatic carbocycles. The van der Waals surface area contributed by atoms with Gasteiger partial charge in [-0.25, -0.2) is 4.68 Å². The number of carbonyl (C=O) groups excluding carboxylic acids is 2. The van der Waals surface area contributed by atoms with Crippen LogP contribution in [0.3, 0.4) is 0 Å². The molecule has 1 unspecified atom stereocenters. The molecular formula is C22H22N4O2. The second kappa shape index (κ2) is 6.96. The summed E-state index contributed by atoms with van der Waals surface area (Å²) in [7, 11) is 0. The van der Waals surface area contributed by atoms with E-state index in [0.29, 0.717) is 5.82 Å². The highest BCUT2D eigenvalue weighted by Gasteiger charge is 2.36. The molecule has 142 valence electrons. The number of hydrogen-bond acceptors (Lipinski definition) is 3. The normalized spacial score (nSPS) is 15.2. The molecule has 2 heterocycles. The van der Waals surface area contributed by atoms with Crippen LogP contribution in [0, 0.1) is 20.8 Å². The highest BCUT2D eigenvalue weighted by Crippen LogP contribution is 2.38. The summed E-state index contributed by atoms with van der Waals surface area (Å²) in [6.07, 6.45) is 0.0293. The Morgan fingerprint density at radius 2 is 1.89 bits per heavy atom. The Bertz CT molecular complexity index is 1070. The number of nitrogens with one attached hydrogen (secondary N) is 2. The summed E-state index contributed by atoms with van der Waals surface area (Å²) < 4.78 is 1.64. The minimum atomic E-state index is -0.656. The molecule has 0 radical (unpaired) electrons. The SMILES string of the molecule is Cc1ccc(C)c(NC(=O)CC2C(=O)Nc3c(-c4ccccc4)c(C)nn32)c1. The summed E-state index contributed by atoms with van der Waals surface area (Å²) in [6.45, 7) is 5.83. The van der Waals surface area contributed by atoms with Crippen molar-refractivity contribution in [1.82, 2.24) is 9.78 Å². The molecule has 0 bridgehead atoms. The van der Waals surface area contributed by atoms with Crippen LogP contribution in [0.2, 0.25) is 0 Å². The van der Waals surface area contributed by atoms with Gasteiger partial charge in [0.2, 0.25) is 5.91 Å². The average Bonchev–Trinajstić information content (AvgIpc) is 3.13. The van der Waals surface area contributed by atoms with Crippen LogP contribution < -0.4 is 10.6 Å². The van der Waals surface area contributed by atoms with E-state index in [1.165, 1.54) is 0 Å². The van der Waals surface area contributed by atoms with Crippen molar-refractivity contribution in [3.8, 4) is 11.1 Å². The zero-order chi connectivity index (χ0) is 19.8. The number of anilines is 2. The first-order valence-electron chi connectivity index (χ1n) is 9.26. The Morgan fingerprint density at radius 1 is 1.14 bits per heavy atom. The highest BCUT2D eigenvalue weighted by atomic mass is 16.2. The van der Waals surface area contributed by atoms with Crippen molar-refractivity contribution in [2.24, 2.45) is 0 Å². The van der Waals surface area contributed by atoms with Crippen molar-refractivity contribution in [2.75, 3.05) is 10.6 Å². The Kier molecular flexibility index (Phi) is 4.47. The molecule has 3 aromatic rings. The van der Waals surface area contributed by atoms with Crippen molar-refractivity contribution in [3.05, 3.63) is 65.4 Å². The fraction of sp³-hybridized carbons (Fsp3) is 0.227. The lowest BCUT2D eigenvalue weighted by molar-refractivity contribution is -0.123. The van der Waals surface area contributed by atoms with Gasteiger partial charge in [-0.15, -0.1) is 0 Å². The molecule has 0 spiro atoms.